The maximum Gasteiger partial charge on any atom is 0.352 e. The largest absolute Gasteiger partial charge is 0.397 e. The third-order valence-electron chi connectivity index (χ3n) is 3.84. The van der Waals surface area contributed by atoms with Gasteiger partial charge in [0.25, 0.3) is 0 Å². The molecule has 0 aromatic heterocycles. The maximum atomic E-state index is 5.76. The molecule has 0 rings (SSSR count). The summed E-state index contributed by atoms with van der Waals surface area (Å²) in [6, 6.07) is 0. The highest BCUT2D eigenvalue weighted by molar-refractivity contribution is 6.67. The molecule has 18 heavy (non-hydrogen) atoms. The molecular weight excluding hydrogens is 242 g/mol. The molecule has 0 N–H and O–H groups in total. The molecule has 1 unspecified atom stereocenters. The Morgan fingerprint density at radius 1 is 0.944 bits per heavy atom. The van der Waals surface area contributed by atoms with Crippen LogP contribution in [0.2, 0.25) is 6.55 Å². The predicted molar refractivity (Wildman–Crippen MR) is 81.1 cm³/mol. The Kier molecular flexibility index (Phi) is 10.0. The number of hydrogen-bond donors (Lipinski definition) is 0. The van der Waals surface area contributed by atoms with E-state index in [9.17, 15) is 0 Å². The summed E-state index contributed by atoms with van der Waals surface area (Å²) in [7, 11) is 1.54. The summed E-state index contributed by atoms with van der Waals surface area (Å²) in [5.41, 5.74) is 0.464. The van der Waals surface area contributed by atoms with Crippen molar-refractivity contribution in [2.24, 2.45) is 0 Å². The first-order chi connectivity index (χ1) is 8.59. The number of unbranched alkanes of at least 4 members (excludes halogenated alkanes) is 2. The van der Waals surface area contributed by atoms with Crippen molar-refractivity contribution < 1.29 is 8.85 Å². The van der Waals surface area contributed by atoms with E-state index in [-0.39, 0.29) is 0 Å². The molecule has 0 fully saturated rings. The van der Waals surface area contributed by atoms with Gasteiger partial charge in [0, 0.05) is 14.2 Å². The molecule has 0 aromatic carbocycles. The van der Waals surface area contributed by atoms with Crippen molar-refractivity contribution in [2.75, 3.05) is 27.3 Å². The first-order valence-electron chi connectivity index (χ1n) is 7.43. The first kappa shape index (κ1) is 18.1. The molecule has 0 aliphatic heterocycles. The molecule has 1 atom stereocenters. The van der Waals surface area contributed by atoms with Gasteiger partial charge in [-0.15, -0.1) is 0 Å². The third kappa shape index (κ3) is 5.39. The summed E-state index contributed by atoms with van der Waals surface area (Å²) < 4.78 is 11.5. The van der Waals surface area contributed by atoms with Crippen LogP contribution in [0.5, 0.6) is 0 Å². The van der Waals surface area contributed by atoms with E-state index in [1.807, 2.05) is 0 Å². The van der Waals surface area contributed by atoms with Gasteiger partial charge in [-0.25, -0.2) is 0 Å². The standard InChI is InChI=1S/C14H33NO2Si/c1-7-10-12-15(13-11-8-2)14(9-3)18(6,16-4)17-5/h14H,7-13H2,1-6H3. The molecular formula is C14H33NO2Si. The van der Waals surface area contributed by atoms with Crippen LogP contribution in [-0.4, -0.2) is 46.4 Å². The zero-order chi connectivity index (χ0) is 14.0. The van der Waals surface area contributed by atoms with E-state index in [0.29, 0.717) is 5.67 Å². The lowest BCUT2D eigenvalue weighted by molar-refractivity contribution is 0.155. The smallest absolute Gasteiger partial charge is 0.352 e. The Morgan fingerprint density at radius 2 is 1.39 bits per heavy atom. The molecule has 0 heterocycles. The second-order valence-electron chi connectivity index (χ2n) is 5.09. The van der Waals surface area contributed by atoms with Crippen LogP contribution >= 0.6 is 0 Å². The fourth-order valence-corrected chi connectivity index (χ4v) is 4.84. The van der Waals surface area contributed by atoms with Gasteiger partial charge in [0.15, 0.2) is 0 Å². The van der Waals surface area contributed by atoms with Crippen LogP contribution in [0, 0.1) is 0 Å². The van der Waals surface area contributed by atoms with Gasteiger partial charge in [-0.05, 0) is 38.9 Å². The molecule has 0 aromatic rings. The van der Waals surface area contributed by atoms with Crippen LogP contribution in [0.3, 0.4) is 0 Å². The van der Waals surface area contributed by atoms with Gasteiger partial charge < -0.3 is 8.85 Å². The van der Waals surface area contributed by atoms with E-state index in [1.165, 1.54) is 38.8 Å². The summed E-state index contributed by atoms with van der Waals surface area (Å²) in [6.45, 7) is 11.3. The summed E-state index contributed by atoms with van der Waals surface area (Å²) in [4.78, 5) is 2.60. The molecule has 0 spiro atoms. The van der Waals surface area contributed by atoms with Gasteiger partial charge in [-0.2, -0.15) is 0 Å². The van der Waals surface area contributed by atoms with Crippen LogP contribution in [0.15, 0.2) is 0 Å². The minimum absolute atomic E-state index is 0.464. The lowest BCUT2D eigenvalue weighted by Crippen LogP contribution is -2.58. The normalized spacial score (nSPS) is 14.2. The predicted octanol–water partition coefficient (Wildman–Crippen LogP) is 3.57. The minimum Gasteiger partial charge on any atom is -0.397 e. The number of rotatable bonds is 11. The Morgan fingerprint density at radius 3 is 1.67 bits per heavy atom. The van der Waals surface area contributed by atoms with Crippen molar-refractivity contribution in [2.45, 2.75) is 65.1 Å². The van der Waals surface area contributed by atoms with Crippen LogP contribution in [0.25, 0.3) is 0 Å². The Hall–Kier alpha value is 0.0969. The molecule has 4 heteroatoms. The topological polar surface area (TPSA) is 21.7 Å². The SMILES string of the molecule is CCCCN(CCCC)C(CC)[Si](C)(OC)OC. The van der Waals surface area contributed by atoms with E-state index < -0.39 is 8.56 Å². The molecule has 0 aliphatic carbocycles. The second-order valence-corrected chi connectivity index (χ2v) is 8.61. The van der Waals surface area contributed by atoms with E-state index in [4.69, 9.17) is 8.85 Å². The average molecular weight is 276 g/mol. The molecule has 0 bridgehead atoms. The number of hydrogen-bond acceptors (Lipinski definition) is 3. The van der Waals surface area contributed by atoms with E-state index in [1.54, 1.807) is 14.2 Å². The van der Waals surface area contributed by atoms with Gasteiger partial charge in [0.2, 0.25) is 0 Å². The van der Waals surface area contributed by atoms with Crippen LogP contribution in [-0.2, 0) is 8.85 Å². The Balaban J connectivity index is 4.76. The van der Waals surface area contributed by atoms with Gasteiger partial charge in [-0.3, -0.25) is 4.90 Å². The summed E-state index contributed by atoms with van der Waals surface area (Å²) in [5, 5.41) is 0. The van der Waals surface area contributed by atoms with Gasteiger partial charge in [0.1, 0.15) is 0 Å². The second kappa shape index (κ2) is 9.95. The molecule has 0 amide bonds. The highest BCUT2D eigenvalue weighted by atomic mass is 28.4. The Labute approximate surface area is 115 Å². The van der Waals surface area contributed by atoms with E-state index in [2.05, 4.69) is 32.2 Å². The summed E-state index contributed by atoms with van der Waals surface area (Å²) in [6.07, 6.45) is 6.13. The van der Waals surface area contributed by atoms with Crippen LogP contribution in [0.1, 0.15) is 52.9 Å². The minimum atomic E-state index is -2.06. The monoisotopic (exact) mass is 275 g/mol. The fourth-order valence-electron chi connectivity index (χ4n) is 2.46. The molecule has 3 nitrogen and oxygen atoms in total. The van der Waals surface area contributed by atoms with Crippen LogP contribution in [0.4, 0.5) is 0 Å². The lowest BCUT2D eigenvalue weighted by atomic mass is 10.2. The van der Waals surface area contributed by atoms with Gasteiger partial charge >= 0.3 is 8.56 Å². The molecule has 110 valence electrons. The van der Waals surface area contributed by atoms with Crippen molar-refractivity contribution in [3.63, 3.8) is 0 Å². The van der Waals surface area contributed by atoms with Crippen molar-refractivity contribution in [1.29, 1.82) is 0 Å². The highest BCUT2D eigenvalue weighted by Crippen LogP contribution is 2.21. The van der Waals surface area contributed by atoms with Gasteiger partial charge in [-0.1, -0.05) is 33.6 Å². The summed E-state index contributed by atoms with van der Waals surface area (Å²) >= 11 is 0. The molecule has 0 aliphatic rings. The fraction of sp³-hybridized carbons (Fsp3) is 1.00. The zero-order valence-electron chi connectivity index (χ0n) is 13.3. The highest BCUT2D eigenvalue weighted by Gasteiger charge is 2.41. The summed E-state index contributed by atoms with van der Waals surface area (Å²) in [5.74, 6) is 0. The quantitative estimate of drug-likeness (QED) is 0.538. The lowest BCUT2D eigenvalue weighted by Gasteiger charge is -2.39. The van der Waals surface area contributed by atoms with Crippen LogP contribution < -0.4 is 0 Å². The van der Waals surface area contributed by atoms with Crippen molar-refractivity contribution in [3.8, 4) is 0 Å². The van der Waals surface area contributed by atoms with Crippen molar-refractivity contribution in [3.05, 3.63) is 0 Å². The van der Waals surface area contributed by atoms with Gasteiger partial charge in [0.05, 0.1) is 5.67 Å². The average Bonchev–Trinajstić information content (AvgIpc) is 2.41. The van der Waals surface area contributed by atoms with E-state index in [0.717, 1.165) is 6.42 Å². The number of nitrogens with zero attached hydrogens (tertiary/aromatic N) is 1. The molecule has 0 saturated carbocycles. The molecule has 0 saturated heterocycles. The maximum absolute atomic E-state index is 5.76. The first-order valence-corrected chi connectivity index (χ1v) is 9.83. The third-order valence-corrected chi connectivity index (χ3v) is 7.45. The van der Waals surface area contributed by atoms with Crippen molar-refractivity contribution >= 4 is 8.56 Å². The molecule has 0 radical (unpaired) electrons. The Bertz CT molecular complexity index is 190. The zero-order valence-corrected chi connectivity index (χ0v) is 14.3. The van der Waals surface area contributed by atoms with Crippen molar-refractivity contribution in [1.82, 2.24) is 4.90 Å². The van der Waals surface area contributed by atoms with E-state index >= 15 is 0 Å².